The van der Waals surface area contributed by atoms with Crippen molar-refractivity contribution < 1.29 is 14.3 Å². The standard InChI is InChI=1S/C11H15NO3/c1-6-8-4-5-9(7(2)10(6)13)12(8)11(14)15-3/h4-9H,1-3H3/t6-,7+,8+,9-. The van der Waals surface area contributed by atoms with Gasteiger partial charge in [0.05, 0.1) is 19.2 Å². The van der Waals surface area contributed by atoms with Crippen molar-refractivity contribution in [2.75, 3.05) is 7.11 Å². The van der Waals surface area contributed by atoms with Crippen LogP contribution in [-0.2, 0) is 9.53 Å². The molecule has 0 saturated carbocycles. The third-order valence-electron chi connectivity index (χ3n) is 3.46. The van der Waals surface area contributed by atoms with E-state index in [0.717, 1.165) is 0 Å². The molecule has 0 unspecified atom stereocenters. The summed E-state index contributed by atoms with van der Waals surface area (Å²) in [6.07, 6.45) is 3.53. The summed E-state index contributed by atoms with van der Waals surface area (Å²) in [6.45, 7) is 3.73. The molecule has 82 valence electrons. The largest absolute Gasteiger partial charge is 0.453 e. The molecule has 1 fully saturated rings. The minimum Gasteiger partial charge on any atom is -0.453 e. The van der Waals surface area contributed by atoms with E-state index in [9.17, 15) is 9.59 Å². The first-order chi connectivity index (χ1) is 7.07. The molecule has 0 spiro atoms. The highest BCUT2D eigenvalue weighted by atomic mass is 16.5. The fourth-order valence-corrected chi connectivity index (χ4v) is 2.53. The molecule has 2 aliphatic rings. The predicted molar refractivity (Wildman–Crippen MR) is 54.3 cm³/mol. The fraction of sp³-hybridized carbons (Fsp3) is 0.636. The number of nitrogens with zero attached hydrogens (tertiary/aromatic N) is 1. The minimum atomic E-state index is -0.346. The van der Waals surface area contributed by atoms with Gasteiger partial charge in [-0.3, -0.25) is 9.69 Å². The van der Waals surface area contributed by atoms with Gasteiger partial charge < -0.3 is 4.74 Å². The van der Waals surface area contributed by atoms with E-state index < -0.39 is 0 Å². The molecule has 4 atom stereocenters. The number of hydrogen-bond acceptors (Lipinski definition) is 3. The molecule has 1 amide bonds. The summed E-state index contributed by atoms with van der Waals surface area (Å²) in [6, 6.07) is -0.239. The van der Waals surface area contributed by atoms with Crippen molar-refractivity contribution in [2.45, 2.75) is 25.9 Å². The molecule has 2 bridgehead atoms. The van der Waals surface area contributed by atoms with Crippen LogP contribution < -0.4 is 0 Å². The molecule has 4 nitrogen and oxygen atoms in total. The Balaban J connectivity index is 2.32. The van der Waals surface area contributed by atoms with Crippen LogP contribution in [0.4, 0.5) is 4.79 Å². The van der Waals surface area contributed by atoms with Crippen molar-refractivity contribution in [1.29, 1.82) is 0 Å². The first-order valence-corrected chi connectivity index (χ1v) is 5.16. The van der Waals surface area contributed by atoms with Gasteiger partial charge in [0.15, 0.2) is 0 Å². The van der Waals surface area contributed by atoms with Gasteiger partial charge in [-0.1, -0.05) is 26.0 Å². The van der Waals surface area contributed by atoms with Crippen LogP contribution in [0, 0.1) is 11.8 Å². The molecular weight excluding hydrogens is 194 g/mol. The topological polar surface area (TPSA) is 46.6 Å². The van der Waals surface area contributed by atoms with E-state index in [1.54, 1.807) is 4.90 Å². The van der Waals surface area contributed by atoms with Crippen LogP contribution in [0.1, 0.15) is 13.8 Å². The van der Waals surface area contributed by atoms with Crippen molar-refractivity contribution in [2.24, 2.45) is 11.8 Å². The Morgan fingerprint density at radius 3 is 2.13 bits per heavy atom. The number of carbonyl (C=O) groups is 2. The first-order valence-electron chi connectivity index (χ1n) is 5.16. The Bertz CT molecular complexity index is 315. The maximum absolute atomic E-state index is 11.8. The summed E-state index contributed by atoms with van der Waals surface area (Å²) < 4.78 is 4.74. The minimum absolute atomic E-state index is 0.119. The maximum atomic E-state index is 11.8. The molecule has 2 rings (SSSR count). The van der Waals surface area contributed by atoms with Crippen molar-refractivity contribution >= 4 is 11.9 Å². The van der Waals surface area contributed by atoms with E-state index in [4.69, 9.17) is 4.74 Å². The lowest BCUT2D eigenvalue weighted by Crippen LogP contribution is -2.55. The lowest BCUT2D eigenvalue weighted by molar-refractivity contribution is -0.132. The molecule has 0 radical (unpaired) electrons. The second kappa shape index (κ2) is 3.36. The third-order valence-corrected chi connectivity index (χ3v) is 3.46. The number of ketones is 1. The van der Waals surface area contributed by atoms with Crippen molar-refractivity contribution in [3.05, 3.63) is 12.2 Å². The van der Waals surface area contributed by atoms with Crippen LogP contribution in [0.5, 0.6) is 0 Å². The van der Waals surface area contributed by atoms with E-state index in [1.165, 1.54) is 7.11 Å². The van der Waals surface area contributed by atoms with Gasteiger partial charge in [-0.05, 0) is 0 Å². The quantitative estimate of drug-likeness (QED) is 0.563. The highest BCUT2D eigenvalue weighted by molar-refractivity contribution is 5.88. The van der Waals surface area contributed by atoms with Crippen LogP contribution in [0.3, 0.4) is 0 Å². The molecule has 2 heterocycles. The van der Waals surface area contributed by atoms with Crippen molar-refractivity contribution in [1.82, 2.24) is 4.90 Å². The number of Topliss-reactive ketones (excluding diaryl/α,β-unsaturated/α-hetero) is 1. The molecule has 15 heavy (non-hydrogen) atoms. The lowest BCUT2D eigenvalue weighted by Gasteiger charge is -2.40. The smallest absolute Gasteiger partial charge is 0.410 e. The number of methoxy groups -OCH3 is 1. The van der Waals surface area contributed by atoms with Crippen molar-refractivity contribution in [3.8, 4) is 0 Å². The van der Waals surface area contributed by atoms with Gasteiger partial charge in [0.2, 0.25) is 0 Å². The summed E-state index contributed by atoms with van der Waals surface area (Å²) in [5.74, 6) is -0.0293. The molecule has 0 aliphatic carbocycles. The normalized spacial score (nSPS) is 38.3. The summed E-state index contributed by atoms with van der Waals surface area (Å²) in [5.41, 5.74) is 0. The number of hydrogen-bond donors (Lipinski definition) is 0. The first kappa shape index (κ1) is 10.2. The second-order valence-electron chi connectivity index (χ2n) is 4.22. The van der Waals surface area contributed by atoms with Crippen molar-refractivity contribution in [3.63, 3.8) is 0 Å². The molecule has 4 heteroatoms. The molecule has 0 aromatic carbocycles. The molecule has 0 aromatic heterocycles. The van der Waals surface area contributed by atoms with Crippen LogP contribution in [-0.4, -0.2) is 36.0 Å². The molecule has 1 saturated heterocycles. The zero-order chi connectivity index (χ0) is 11.2. The average molecular weight is 209 g/mol. The summed E-state index contributed by atoms with van der Waals surface area (Å²) in [4.78, 5) is 25.1. The predicted octanol–water partition coefficient (Wildman–Crippen LogP) is 1.22. The fourth-order valence-electron chi connectivity index (χ4n) is 2.53. The van der Waals surface area contributed by atoms with Gasteiger partial charge in [-0.15, -0.1) is 0 Å². The number of ether oxygens (including phenoxy) is 1. The van der Waals surface area contributed by atoms with Gasteiger partial charge in [-0.25, -0.2) is 4.79 Å². The van der Waals surface area contributed by atoms with E-state index in [1.807, 2.05) is 26.0 Å². The zero-order valence-electron chi connectivity index (χ0n) is 9.14. The van der Waals surface area contributed by atoms with Crippen LogP contribution in [0.25, 0.3) is 0 Å². The van der Waals surface area contributed by atoms with Gasteiger partial charge in [0, 0.05) is 11.8 Å². The highest BCUT2D eigenvalue weighted by Gasteiger charge is 2.48. The van der Waals surface area contributed by atoms with Gasteiger partial charge >= 0.3 is 6.09 Å². The van der Waals surface area contributed by atoms with Crippen LogP contribution in [0.2, 0.25) is 0 Å². The van der Waals surface area contributed by atoms with E-state index in [0.29, 0.717) is 0 Å². The Morgan fingerprint density at radius 2 is 1.73 bits per heavy atom. The number of fused-ring (bicyclic) bond motifs is 2. The highest BCUT2D eigenvalue weighted by Crippen LogP contribution is 2.35. The van der Waals surface area contributed by atoms with E-state index in [2.05, 4.69) is 0 Å². The summed E-state index contributed by atoms with van der Waals surface area (Å²) in [5, 5.41) is 0. The molecule has 0 aromatic rings. The Labute approximate surface area is 88.9 Å². The Hall–Kier alpha value is -1.32. The Morgan fingerprint density at radius 1 is 1.27 bits per heavy atom. The third kappa shape index (κ3) is 1.28. The molecule has 2 aliphatic heterocycles. The number of amides is 1. The van der Waals surface area contributed by atoms with Gasteiger partial charge in [0.25, 0.3) is 0 Å². The van der Waals surface area contributed by atoms with Crippen LogP contribution >= 0.6 is 0 Å². The zero-order valence-corrected chi connectivity index (χ0v) is 9.14. The van der Waals surface area contributed by atoms with Gasteiger partial charge in [0.1, 0.15) is 5.78 Å². The van der Waals surface area contributed by atoms with E-state index in [-0.39, 0.29) is 35.8 Å². The second-order valence-corrected chi connectivity index (χ2v) is 4.22. The average Bonchev–Trinajstić information content (AvgIpc) is 2.64. The Kier molecular flexibility index (Phi) is 2.29. The molecular formula is C11H15NO3. The van der Waals surface area contributed by atoms with E-state index >= 15 is 0 Å². The number of rotatable bonds is 0. The van der Waals surface area contributed by atoms with Crippen LogP contribution in [0.15, 0.2) is 12.2 Å². The lowest BCUT2D eigenvalue weighted by atomic mass is 9.83. The maximum Gasteiger partial charge on any atom is 0.410 e. The number of carbonyl (C=O) groups excluding carboxylic acids is 2. The SMILES string of the molecule is COC(=O)N1[C@@H]2C=C[C@H]1[C@@H](C)C(=O)[C@H]2C. The summed E-state index contributed by atoms with van der Waals surface area (Å²) >= 11 is 0. The van der Waals surface area contributed by atoms with Gasteiger partial charge in [-0.2, -0.15) is 0 Å². The molecule has 0 N–H and O–H groups in total. The monoisotopic (exact) mass is 209 g/mol. The summed E-state index contributed by atoms with van der Waals surface area (Å²) in [7, 11) is 1.37. The number of piperidine rings is 1.